The van der Waals surface area contributed by atoms with Gasteiger partial charge >= 0.3 is 6.18 Å². The van der Waals surface area contributed by atoms with Gasteiger partial charge in [0.2, 0.25) is 5.91 Å². The van der Waals surface area contributed by atoms with E-state index >= 15 is 0 Å². The Morgan fingerprint density at radius 3 is 2.55 bits per heavy atom. The molecule has 124 valence electrons. The Kier molecular flexibility index (Phi) is 6.19. The minimum absolute atomic E-state index is 0.0400. The molecule has 2 atom stereocenters. The van der Waals surface area contributed by atoms with Gasteiger partial charge in [0.25, 0.3) is 0 Å². The van der Waals surface area contributed by atoms with Crippen LogP contribution in [0.2, 0.25) is 0 Å². The van der Waals surface area contributed by atoms with Crippen molar-refractivity contribution < 1.29 is 27.8 Å². The molecule has 2 unspecified atom stereocenters. The summed E-state index contributed by atoms with van der Waals surface area (Å²) in [4.78, 5) is 12.5. The van der Waals surface area contributed by atoms with Gasteiger partial charge in [0.1, 0.15) is 18.5 Å². The fourth-order valence-corrected chi connectivity index (χ4v) is 1.77. The monoisotopic (exact) mass is 320 g/mol. The van der Waals surface area contributed by atoms with Crippen LogP contribution in [0, 0.1) is 0 Å². The number of nitrogens with zero attached hydrogens (tertiary/aromatic N) is 1. The predicted molar refractivity (Wildman–Crippen MR) is 74.2 cm³/mol. The van der Waals surface area contributed by atoms with Gasteiger partial charge in [0.15, 0.2) is 0 Å². The quantitative estimate of drug-likeness (QED) is 0.793. The number of amides is 1. The molecule has 0 radical (unpaired) electrons. The third-order valence-corrected chi connectivity index (χ3v) is 3.20. The van der Waals surface area contributed by atoms with Crippen LogP contribution in [-0.2, 0) is 11.0 Å². The second kappa shape index (κ2) is 7.46. The number of hydrogen-bond donors (Lipinski definition) is 2. The summed E-state index contributed by atoms with van der Waals surface area (Å²) in [6.07, 6.45) is -5.59. The summed E-state index contributed by atoms with van der Waals surface area (Å²) in [6, 6.07) is 4.16. The van der Waals surface area contributed by atoms with E-state index in [2.05, 4.69) is 0 Å². The van der Waals surface area contributed by atoms with Crippen molar-refractivity contribution in [2.24, 2.45) is 5.73 Å². The number of aliphatic hydroxyl groups is 1. The van der Waals surface area contributed by atoms with Crippen LogP contribution in [0.15, 0.2) is 24.3 Å². The third-order valence-electron chi connectivity index (χ3n) is 3.20. The highest BCUT2D eigenvalue weighted by molar-refractivity contribution is 5.79. The summed E-state index contributed by atoms with van der Waals surface area (Å²) in [5.41, 5.74) is 4.23. The first kappa shape index (κ1) is 18.2. The van der Waals surface area contributed by atoms with Crippen molar-refractivity contribution in [1.29, 1.82) is 0 Å². The molecule has 1 aromatic carbocycles. The fraction of sp³-hybridized carbons (Fsp3) is 0.500. The lowest BCUT2D eigenvalue weighted by Gasteiger charge is -2.25. The molecule has 0 aliphatic heterocycles. The Morgan fingerprint density at radius 1 is 1.41 bits per heavy atom. The van der Waals surface area contributed by atoms with Crippen molar-refractivity contribution in [1.82, 2.24) is 4.90 Å². The van der Waals surface area contributed by atoms with E-state index in [0.29, 0.717) is 0 Å². The van der Waals surface area contributed by atoms with Crippen LogP contribution in [0.5, 0.6) is 5.75 Å². The van der Waals surface area contributed by atoms with Crippen LogP contribution in [0.1, 0.15) is 12.5 Å². The number of carbonyl (C=O) groups is 1. The van der Waals surface area contributed by atoms with Gasteiger partial charge in [-0.05, 0) is 26.1 Å². The molecule has 22 heavy (non-hydrogen) atoms. The van der Waals surface area contributed by atoms with Gasteiger partial charge in [-0.1, -0.05) is 12.1 Å². The van der Waals surface area contributed by atoms with E-state index < -0.39 is 29.8 Å². The van der Waals surface area contributed by atoms with Crippen molar-refractivity contribution in [3.63, 3.8) is 0 Å². The van der Waals surface area contributed by atoms with E-state index in [1.54, 1.807) is 14.0 Å². The molecular weight excluding hydrogens is 301 g/mol. The lowest BCUT2D eigenvalue weighted by atomic mass is 10.2. The maximum atomic E-state index is 12.8. The summed E-state index contributed by atoms with van der Waals surface area (Å²) in [7, 11) is 1.57. The van der Waals surface area contributed by atoms with Gasteiger partial charge in [-0.2, -0.15) is 13.2 Å². The number of para-hydroxylation sites is 1. The van der Waals surface area contributed by atoms with Crippen LogP contribution in [0.25, 0.3) is 0 Å². The molecule has 3 N–H and O–H groups in total. The topological polar surface area (TPSA) is 75.8 Å². The average Bonchev–Trinajstić information content (AvgIpc) is 2.43. The van der Waals surface area contributed by atoms with Gasteiger partial charge in [0.05, 0.1) is 11.6 Å². The largest absolute Gasteiger partial charge is 0.490 e. The number of halogens is 3. The molecular formula is C14H19F3N2O3. The SMILES string of the molecule is CC(C(N)=O)N(C)CC(O)COc1ccccc1C(F)(F)F. The molecule has 0 aromatic heterocycles. The van der Waals surface area contributed by atoms with Crippen LogP contribution < -0.4 is 10.5 Å². The number of benzene rings is 1. The molecule has 0 bridgehead atoms. The van der Waals surface area contributed by atoms with Gasteiger partial charge in [-0.3, -0.25) is 9.69 Å². The summed E-state index contributed by atoms with van der Waals surface area (Å²) in [6.45, 7) is 1.27. The van der Waals surface area contributed by atoms with Crippen molar-refractivity contribution >= 4 is 5.91 Å². The van der Waals surface area contributed by atoms with Gasteiger partial charge in [-0.25, -0.2) is 0 Å². The molecule has 1 rings (SSSR count). The van der Waals surface area contributed by atoms with E-state index in [9.17, 15) is 23.1 Å². The first-order valence-electron chi connectivity index (χ1n) is 6.59. The van der Waals surface area contributed by atoms with Crippen LogP contribution >= 0.6 is 0 Å². The Hall–Kier alpha value is -1.80. The summed E-state index contributed by atoms with van der Waals surface area (Å²) >= 11 is 0. The van der Waals surface area contributed by atoms with Crippen LogP contribution in [0.4, 0.5) is 13.2 Å². The second-order valence-electron chi connectivity index (χ2n) is 4.98. The lowest BCUT2D eigenvalue weighted by molar-refractivity contribution is -0.139. The smallest absolute Gasteiger partial charge is 0.419 e. The lowest BCUT2D eigenvalue weighted by Crippen LogP contribution is -2.44. The normalized spacial score (nSPS) is 14.7. The first-order valence-corrected chi connectivity index (χ1v) is 6.59. The predicted octanol–water partition coefficient (Wildman–Crippen LogP) is 1.25. The minimum atomic E-state index is -4.53. The van der Waals surface area contributed by atoms with Gasteiger partial charge in [0, 0.05) is 6.54 Å². The maximum Gasteiger partial charge on any atom is 0.419 e. The molecule has 0 aliphatic carbocycles. The molecule has 0 saturated carbocycles. The van der Waals surface area contributed by atoms with E-state index in [1.807, 2.05) is 0 Å². The zero-order chi connectivity index (χ0) is 16.9. The third kappa shape index (κ3) is 5.19. The van der Waals surface area contributed by atoms with Crippen LogP contribution in [0.3, 0.4) is 0 Å². The minimum Gasteiger partial charge on any atom is -0.490 e. The Balaban J connectivity index is 2.62. The Labute approximate surface area is 126 Å². The van der Waals surface area contributed by atoms with E-state index in [1.165, 1.54) is 23.1 Å². The van der Waals surface area contributed by atoms with Crippen molar-refractivity contribution in [2.75, 3.05) is 20.2 Å². The number of carbonyl (C=O) groups excluding carboxylic acids is 1. The highest BCUT2D eigenvalue weighted by Crippen LogP contribution is 2.35. The van der Waals surface area contributed by atoms with Crippen LogP contribution in [-0.4, -0.2) is 48.3 Å². The number of likely N-dealkylation sites (N-methyl/N-ethyl adjacent to an activating group) is 1. The molecule has 5 nitrogen and oxygen atoms in total. The number of aliphatic hydroxyl groups excluding tert-OH is 1. The van der Waals surface area contributed by atoms with Crippen molar-refractivity contribution in [3.05, 3.63) is 29.8 Å². The van der Waals surface area contributed by atoms with Gasteiger partial charge in [-0.15, -0.1) is 0 Å². The zero-order valence-electron chi connectivity index (χ0n) is 12.3. The number of nitrogens with two attached hydrogens (primary N) is 1. The maximum absolute atomic E-state index is 12.8. The molecule has 1 amide bonds. The first-order chi connectivity index (χ1) is 10.1. The summed E-state index contributed by atoms with van der Waals surface area (Å²) < 4.78 is 43.4. The highest BCUT2D eigenvalue weighted by Gasteiger charge is 2.34. The fourth-order valence-electron chi connectivity index (χ4n) is 1.77. The number of ether oxygens (including phenoxy) is 1. The number of hydrogen-bond acceptors (Lipinski definition) is 4. The zero-order valence-corrected chi connectivity index (χ0v) is 12.3. The number of alkyl halides is 3. The standard InChI is InChI=1S/C14H19F3N2O3/c1-9(13(18)21)19(2)7-10(20)8-22-12-6-4-3-5-11(12)14(15,16)17/h3-6,9-10,20H,7-8H2,1-2H3,(H2,18,21). The molecule has 1 aromatic rings. The van der Waals surface area contributed by atoms with Crippen molar-refractivity contribution in [3.8, 4) is 5.75 Å². The van der Waals surface area contributed by atoms with E-state index in [4.69, 9.17) is 10.5 Å². The molecule has 0 fully saturated rings. The van der Waals surface area contributed by atoms with Crippen molar-refractivity contribution in [2.45, 2.75) is 25.2 Å². The second-order valence-corrected chi connectivity index (χ2v) is 4.98. The Bertz CT molecular complexity index is 508. The van der Waals surface area contributed by atoms with Gasteiger partial charge < -0.3 is 15.6 Å². The summed E-state index contributed by atoms with van der Waals surface area (Å²) in [5, 5.41) is 9.81. The molecule has 0 spiro atoms. The molecule has 8 heteroatoms. The average molecular weight is 320 g/mol. The van der Waals surface area contributed by atoms with E-state index in [-0.39, 0.29) is 18.9 Å². The molecule has 0 heterocycles. The summed E-state index contributed by atoms with van der Waals surface area (Å²) in [5.74, 6) is -0.905. The highest BCUT2D eigenvalue weighted by atomic mass is 19.4. The molecule has 0 saturated heterocycles. The Morgan fingerprint density at radius 2 is 2.00 bits per heavy atom. The molecule has 0 aliphatic rings. The van der Waals surface area contributed by atoms with E-state index in [0.717, 1.165) is 6.07 Å². The number of rotatable bonds is 7. The number of primary amides is 1.